The predicted octanol–water partition coefficient (Wildman–Crippen LogP) is 1.25. The maximum absolute atomic E-state index is 11.5. The molecule has 1 saturated heterocycles. The molecule has 1 unspecified atom stereocenters. The van der Waals surface area contributed by atoms with E-state index in [9.17, 15) is 4.79 Å². The van der Waals surface area contributed by atoms with E-state index in [0.717, 1.165) is 12.2 Å². The lowest BCUT2D eigenvalue weighted by Crippen LogP contribution is -2.54. The van der Waals surface area contributed by atoms with Crippen LogP contribution in [0, 0.1) is 0 Å². The molecule has 0 bridgehead atoms. The van der Waals surface area contributed by atoms with Gasteiger partial charge in [0.1, 0.15) is 6.04 Å². The Morgan fingerprint density at radius 2 is 2.31 bits per heavy atom. The maximum atomic E-state index is 11.5. The molecule has 0 spiro atoms. The molecule has 1 aliphatic heterocycles. The standard InChI is InChI=1S/C11H14ClN3O/c1-7-11(16)14-4-5-15(7)10-6-8(12)2-3-9(10)13/h2-3,6-7H,4-5,13H2,1H3,(H,14,16). The number of carbonyl (C=O) groups is 1. The second kappa shape index (κ2) is 4.22. The molecule has 5 heteroatoms. The van der Waals surface area contributed by atoms with Gasteiger partial charge in [0.25, 0.3) is 0 Å². The van der Waals surface area contributed by atoms with Gasteiger partial charge in [-0.15, -0.1) is 0 Å². The molecule has 1 aliphatic rings. The largest absolute Gasteiger partial charge is 0.397 e. The van der Waals surface area contributed by atoms with E-state index < -0.39 is 0 Å². The van der Waals surface area contributed by atoms with E-state index in [1.165, 1.54) is 0 Å². The van der Waals surface area contributed by atoms with Crippen molar-refractivity contribution in [3.05, 3.63) is 23.2 Å². The van der Waals surface area contributed by atoms with E-state index in [1.807, 2.05) is 11.8 Å². The first-order valence-electron chi connectivity index (χ1n) is 5.19. The molecule has 0 saturated carbocycles. The molecule has 0 radical (unpaired) electrons. The van der Waals surface area contributed by atoms with Crippen LogP contribution in [0.4, 0.5) is 11.4 Å². The van der Waals surface area contributed by atoms with Crippen molar-refractivity contribution in [1.29, 1.82) is 0 Å². The molecule has 2 rings (SSSR count). The van der Waals surface area contributed by atoms with E-state index in [4.69, 9.17) is 17.3 Å². The zero-order chi connectivity index (χ0) is 11.7. The Bertz CT molecular complexity index is 422. The number of nitrogens with zero attached hydrogens (tertiary/aromatic N) is 1. The summed E-state index contributed by atoms with van der Waals surface area (Å²) in [7, 11) is 0. The fourth-order valence-corrected chi connectivity index (χ4v) is 2.04. The Hall–Kier alpha value is -1.42. The van der Waals surface area contributed by atoms with Gasteiger partial charge < -0.3 is 16.0 Å². The molecule has 0 aromatic heterocycles. The first kappa shape index (κ1) is 11.1. The fraction of sp³-hybridized carbons (Fsp3) is 0.364. The molecule has 3 N–H and O–H groups in total. The molecule has 1 aromatic rings. The Morgan fingerprint density at radius 1 is 1.56 bits per heavy atom. The number of anilines is 2. The van der Waals surface area contributed by atoms with Gasteiger partial charge in [-0.3, -0.25) is 4.79 Å². The quantitative estimate of drug-likeness (QED) is 0.726. The van der Waals surface area contributed by atoms with Gasteiger partial charge in [0.05, 0.1) is 11.4 Å². The summed E-state index contributed by atoms with van der Waals surface area (Å²) in [5.74, 6) is 0.0191. The lowest BCUT2D eigenvalue weighted by molar-refractivity contribution is -0.122. The van der Waals surface area contributed by atoms with Crippen LogP contribution >= 0.6 is 11.6 Å². The summed E-state index contributed by atoms with van der Waals surface area (Å²) in [6, 6.07) is 5.09. The first-order valence-corrected chi connectivity index (χ1v) is 5.57. The maximum Gasteiger partial charge on any atom is 0.242 e. The summed E-state index contributed by atoms with van der Waals surface area (Å²) in [5.41, 5.74) is 7.37. The molecular formula is C11H14ClN3O. The van der Waals surface area contributed by atoms with Gasteiger partial charge in [0.2, 0.25) is 5.91 Å². The van der Waals surface area contributed by atoms with E-state index in [0.29, 0.717) is 17.3 Å². The lowest BCUT2D eigenvalue weighted by Gasteiger charge is -2.35. The smallest absolute Gasteiger partial charge is 0.242 e. The van der Waals surface area contributed by atoms with Crippen LogP contribution in [0.2, 0.25) is 5.02 Å². The van der Waals surface area contributed by atoms with Crippen LogP contribution in [-0.4, -0.2) is 25.0 Å². The Morgan fingerprint density at radius 3 is 3.06 bits per heavy atom. The zero-order valence-corrected chi connectivity index (χ0v) is 9.79. The SMILES string of the molecule is CC1C(=O)NCCN1c1cc(Cl)ccc1N. The van der Waals surface area contributed by atoms with Crippen LogP contribution in [0.5, 0.6) is 0 Å². The minimum atomic E-state index is -0.213. The van der Waals surface area contributed by atoms with Crippen molar-refractivity contribution < 1.29 is 4.79 Å². The van der Waals surface area contributed by atoms with Crippen LogP contribution in [0.1, 0.15) is 6.92 Å². The highest BCUT2D eigenvalue weighted by Crippen LogP contribution is 2.28. The Balaban J connectivity index is 2.35. The van der Waals surface area contributed by atoms with Crippen LogP contribution < -0.4 is 16.0 Å². The van der Waals surface area contributed by atoms with Gasteiger partial charge in [-0.05, 0) is 25.1 Å². The van der Waals surface area contributed by atoms with E-state index in [-0.39, 0.29) is 11.9 Å². The average molecular weight is 240 g/mol. The van der Waals surface area contributed by atoms with Crippen molar-refractivity contribution in [3.63, 3.8) is 0 Å². The number of rotatable bonds is 1. The van der Waals surface area contributed by atoms with Gasteiger partial charge >= 0.3 is 0 Å². The molecule has 4 nitrogen and oxygen atoms in total. The van der Waals surface area contributed by atoms with Crippen molar-refractivity contribution in [2.45, 2.75) is 13.0 Å². The number of nitrogens with two attached hydrogens (primary N) is 1. The fourth-order valence-electron chi connectivity index (χ4n) is 1.88. The van der Waals surface area contributed by atoms with E-state index in [2.05, 4.69) is 5.32 Å². The third-order valence-corrected chi connectivity index (χ3v) is 3.04. The molecule has 1 fully saturated rings. The third kappa shape index (κ3) is 1.93. The van der Waals surface area contributed by atoms with E-state index >= 15 is 0 Å². The van der Waals surface area contributed by atoms with Crippen LogP contribution in [-0.2, 0) is 4.79 Å². The highest BCUT2D eigenvalue weighted by molar-refractivity contribution is 6.31. The number of halogens is 1. The van der Waals surface area contributed by atoms with Crippen molar-refractivity contribution in [2.75, 3.05) is 23.7 Å². The lowest BCUT2D eigenvalue weighted by atomic mass is 10.1. The number of amides is 1. The highest BCUT2D eigenvalue weighted by atomic mass is 35.5. The van der Waals surface area contributed by atoms with Crippen LogP contribution in [0.15, 0.2) is 18.2 Å². The molecule has 16 heavy (non-hydrogen) atoms. The second-order valence-corrected chi connectivity index (χ2v) is 4.30. The summed E-state index contributed by atoms with van der Waals surface area (Å²) in [6.07, 6.45) is 0. The topological polar surface area (TPSA) is 58.4 Å². The number of nitrogens with one attached hydrogen (secondary N) is 1. The molecule has 0 aliphatic carbocycles. The predicted molar refractivity (Wildman–Crippen MR) is 65.7 cm³/mol. The number of piperazine rings is 1. The summed E-state index contributed by atoms with van der Waals surface area (Å²) in [6.45, 7) is 3.24. The van der Waals surface area contributed by atoms with Gasteiger partial charge in [-0.2, -0.15) is 0 Å². The number of hydrogen-bond acceptors (Lipinski definition) is 3. The van der Waals surface area contributed by atoms with Gasteiger partial charge in [0, 0.05) is 18.1 Å². The summed E-state index contributed by atoms with van der Waals surface area (Å²) >= 11 is 5.94. The summed E-state index contributed by atoms with van der Waals surface area (Å²) < 4.78 is 0. The van der Waals surface area contributed by atoms with Crippen molar-refractivity contribution >= 4 is 28.9 Å². The van der Waals surface area contributed by atoms with Gasteiger partial charge in [-0.1, -0.05) is 11.6 Å². The van der Waals surface area contributed by atoms with Crippen LogP contribution in [0.25, 0.3) is 0 Å². The summed E-state index contributed by atoms with van der Waals surface area (Å²) in [4.78, 5) is 13.5. The van der Waals surface area contributed by atoms with Crippen molar-refractivity contribution in [2.24, 2.45) is 0 Å². The molecule has 1 amide bonds. The molecule has 1 aromatic carbocycles. The van der Waals surface area contributed by atoms with Gasteiger partial charge in [0.15, 0.2) is 0 Å². The monoisotopic (exact) mass is 239 g/mol. The average Bonchev–Trinajstić information content (AvgIpc) is 2.26. The summed E-state index contributed by atoms with van der Waals surface area (Å²) in [5, 5.41) is 3.44. The van der Waals surface area contributed by atoms with Gasteiger partial charge in [-0.25, -0.2) is 0 Å². The van der Waals surface area contributed by atoms with Crippen LogP contribution in [0.3, 0.4) is 0 Å². The minimum absolute atomic E-state index is 0.0191. The van der Waals surface area contributed by atoms with Crippen molar-refractivity contribution in [1.82, 2.24) is 5.32 Å². The second-order valence-electron chi connectivity index (χ2n) is 3.86. The molecule has 86 valence electrons. The zero-order valence-electron chi connectivity index (χ0n) is 9.03. The Kier molecular flexibility index (Phi) is 2.92. The highest BCUT2D eigenvalue weighted by Gasteiger charge is 2.26. The molecule has 1 atom stereocenters. The molecular weight excluding hydrogens is 226 g/mol. The normalized spacial score (nSPS) is 20.8. The number of benzene rings is 1. The number of hydrogen-bond donors (Lipinski definition) is 2. The minimum Gasteiger partial charge on any atom is -0.397 e. The third-order valence-electron chi connectivity index (χ3n) is 2.80. The number of nitrogen functional groups attached to an aromatic ring is 1. The van der Waals surface area contributed by atoms with Crippen molar-refractivity contribution in [3.8, 4) is 0 Å². The van der Waals surface area contributed by atoms with E-state index in [1.54, 1.807) is 18.2 Å². The Labute approximate surface area is 99.4 Å². The first-order chi connectivity index (χ1) is 7.59. The molecule has 1 heterocycles. The number of carbonyl (C=O) groups excluding carboxylic acids is 1.